The summed E-state index contributed by atoms with van der Waals surface area (Å²) in [5, 5.41) is 1.08. The average molecular weight is 378 g/mol. The molecule has 0 aliphatic rings. The zero-order valence-corrected chi connectivity index (χ0v) is 17.9. The van der Waals surface area contributed by atoms with E-state index < -0.39 is 0 Å². The number of benzene rings is 2. The molecule has 0 saturated heterocycles. The second-order valence-electron chi connectivity index (χ2n) is 8.55. The molecule has 2 aromatic carbocycles. The van der Waals surface area contributed by atoms with Crippen LogP contribution in [0.3, 0.4) is 0 Å². The van der Waals surface area contributed by atoms with Crippen molar-refractivity contribution < 1.29 is 9.53 Å². The Morgan fingerprint density at radius 2 is 1.75 bits per heavy atom. The monoisotopic (exact) mass is 377 g/mol. The van der Waals surface area contributed by atoms with Crippen LogP contribution in [-0.2, 0) is 11.8 Å². The van der Waals surface area contributed by atoms with E-state index in [1.165, 1.54) is 18.4 Å². The number of unbranched alkanes of at least 4 members (excludes halogenated alkanes) is 1. The Morgan fingerprint density at radius 3 is 2.32 bits per heavy atom. The summed E-state index contributed by atoms with van der Waals surface area (Å²) < 4.78 is 7.45. The first-order valence-electron chi connectivity index (χ1n) is 10.1. The average Bonchev–Trinajstić information content (AvgIpc) is 2.99. The standard InChI is InChI=1S/C25H31NO2/c1-7-8-9-18-10-12-19(13-11-18)24(27)26-17(2)16-20-21(26)14-15-22(28-6)23(20)25(3,4)5/h10-16H,7-9H2,1-6H3. The van der Waals surface area contributed by atoms with Gasteiger partial charge < -0.3 is 4.74 Å². The van der Waals surface area contributed by atoms with Crippen LogP contribution < -0.4 is 4.74 Å². The molecule has 3 heteroatoms. The number of hydrogen-bond donors (Lipinski definition) is 0. The first kappa shape index (κ1) is 20.2. The van der Waals surface area contributed by atoms with Crippen LogP contribution in [0.4, 0.5) is 0 Å². The summed E-state index contributed by atoms with van der Waals surface area (Å²) in [6.45, 7) is 10.7. The highest BCUT2D eigenvalue weighted by Gasteiger charge is 2.25. The van der Waals surface area contributed by atoms with E-state index in [0.717, 1.165) is 34.3 Å². The molecular formula is C25H31NO2. The van der Waals surface area contributed by atoms with E-state index in [2.05, 4.69) is 45.9 Å². The molecule has 0 N–H and O–H groups in total. The quantitative estimate of drug-likeness (QED) is 0.523. The largest absolute Gasteiger partial charge is 0.496 e. The third-order valence-corrected chi connectivity index (χ3v) is 5.32. The van der Waals surface area contributed by atoms with Crippen molar-refractivity contribution >= 4 is 16.8 Å². The van der Waals surface area contributed by atoms with Gasteiger partial charge in [0, 0.05) is 22.2 Å². The van der Waals surface area contributed by atoms with Crippen molar-refractivity contribution in [3.63, 3.8) is 0 Å². The molecule has 0 saturated carbocycles. The summed E-state index contributed by atoms with van der Waals surface area (Å²) >= 11 is 0. The molecule has 0 aliphatic heterocycles. The number of nitrogens with zero attached hydrogens (tertiary/aromatic N) is 1. The molecule has 0 radical (unpaired) electrons. The molecule has 3 aromatic rings. The molecule has 0 spiro atoms. The van der Waals surface area contributed by atoms with E-state index in [9.17, 15) is 4.79 Å². The van der Waals surface area contributed by atoms with Crippen LogP contribution in [0.2, 0.25) is 0 Å². The number of aromatic nitrogens is 1. The van der Waals surface area contributed by atoms with Gasteiger partial charge in [0.2, 0.25) is 0 Å². The molecule has 0 unspecified atom stereocenters. The Morgan fingerprint density at radius 1 is 1.07 bits per heavy atom. The van der Waals surface area contributed by atoms with E-state index >= 15 is 0 Å². The minimum Gasteiger partial charge on any atom is -0.496 e. The number of fused-ring (bicyclic) bond motifs is 1. The first-order valence-corrected chi connectivity index (χ1v) is 10.1. The third-order valence-electron chi connectivity index (χ3n) is 5.32. The second-order valence-corrected chi connectivity index (χ2v) is 8.55. The fraction of sp³-hybridized carbons (Fsp3) is 0.400. The molecule has 28 heavy (non-hydrogen) atoms. The topological polar surface area (TPSA) is 31.2 Å². The Kier molecular flexibility index (Phi) is 5.64. The van der Waals surface area contributed by atoms with Gasteiger partial charge in [0.15, 0.2) is 0 Å². The minimum atomic E-state index is -0.0898. The molecule has 148 valence electrons. The Bertz CT molecular complexity index is 988. The van der Waals surface area contributed by atoms with Crippen LogP contribution in [0, 0.1) is 6.92 Å². The van der Waals surface area contributed by atoms with Crippen molar-refractivity contribution in [3.05, 3.63) is 64.8 Å². The van der Waals surface area contributed by atoms with Gasteiger partial charge in [0.05, 0.1) is 12.6 Å². The Labute approximate surface area is 168 Å². The molecule has 0 atom stereocenters. The fourth-order valence-electron chi connectivity index (χ4n) is 3.93. The molecule has 3 nitrogen and oxygen atoms in total. The molecule has 0 aliphatic carbocycles. The number of hydrogen-bond acceptors (Lipinski definition) is 2. The predicted molar refractivity (Wildman–Crippen MR) is 117 cm³/mol. The fourth-order valence-corrected chi connectivity index (χ4v) is 3.93. The number of ether oxygens (including phenoxy) is 1. The number of rotatable bonds is 5. The van der Waals surface area contributed by atoms with Gasteiger partial charge in [-0.25, -0.2) is 0 Å². The van der Waals surface area contributed by atoms with E-state index in [-0.39, 0.29) is 11.3 Å². The molecule has 3 rings (SSSR count). The summed E-state index contributed by atoms with van der Waals surface area (Å²) in [5.74, 6) is 0.879. The van der Waals surface area contributed by atoms with Crippen LogP contribution in [-0.4, -0.2) is 17.6 Å². The summed E-state index contributed by atoms with van der Waals surface area (Å²) in [6, 6.07) is 14.1. The lowest BCUT2D eigenvalue weighted by atomic mass is 9.84. The van der Waals surface area contributed by atoms with Crippen LogP contribution in [0.15, 0.2) is 42.5 Å². The van der Waals surface area contributed by atoms with Gasteiger partial charge in [-0.15, -0.1) is 0 Å². The van der Waals surface area contributed by atoms with Gasteiger partial charge in [0.25, 0.3) is 5.91 Å². The summed E-state index contributed by atoms with van der Waals surface area (Å²) in [6.07, 6.45) is 3.41. The van der Waals surface area contributed by atoms with E-state index in [1.54, 1.807) is 7.11 Å². The summed E-state index contributed by atoms with van der Waals surface area (Å²) in [5.41, 5.74) is 4.92. The van der Waals surface area contributed by atoms with Gasteiger partial charge in [-0.1, -0.05) is 46.2 Å². The van der Waals surface area contributed by atoms with Gasteiger partial charge >= 0.3 is 0 Å². The van der Waals surface area contributed by atoms with Gasteiger partial charge in [-0.3, -0.25) is 9.36 Å². The van der Waals surface area contributed by atoms with E-state index in [1.807, 2.05) is 35.8 Å². The summed E-state index contributed by atoms with van der Waals surface area (Å²) in [4.78, 5) is 13.3. The Balaban J connectivity index is 2.08. The zero-order chi connectivity index (χ0) is 20.5. The zero-order valence-electron chi connectivity index (χ0n) is 17.9. The van der Waals surface area contributed by atoms with Gasteiger partial charge in [-0.2, -0.15) is 0 Å². The van der Waals surface area contributed by atoms with Crippen molar-refractivity contribution in [1.82, 2.24) is 4.57 Å². The lowest BCUT2D eigenvalue weighted by Gasteiger charge is -2.23. The van der Waals surface area contributed by atoms with Crippen LogP contribution >= 0.6 is 0 Å². The molecule has 1 aromatic heterocycles. The van der Waals surface area contributed by atoms with Crippen molar-refractivity contribution in [3.8, 4) is 5.75 Å². The van der Waals surface area contributed by atoms with Gasteiger partial charge in [-0.05, 0) is 61.1 Å². The molecule has 1 heterocycles. The van der Waals surface area contributed by atoms with Crippen molar-refractivity contribution in [2.75, 3.05) is 7.11 Å². The summed E-state index contributed by atoms with van der Waals surface area (Å²) in [7, 11) is 1.70. The first-order chi connectivity index (χ1) is 13.3. The van der Waals surface area contributed by atoms with Crippen LogP contribution in [0.25, 0.3) is 10.9 Å². The van der Waals surface area contributed by atoms with E-state index in [4.69, 9.17) is 4.74 Å². The highest BCUT2D eigenvalue weighted by molar-refractivity contribution is 6.04. The molecular weight excluding hydrogens is 346 g/mol. The van der Waals surface area contributed by atoms with Gasteiger partial charge in [0.1, 0.15) is 5.75 Å². The highest BCUT2D eigenvalue weighted by Crippen LogP contribution is 2.39. The highest BCUT2D eigenvalue weighted by atomic mass is 16.5. The maximum atomic E-state index is 13.3. The SMILES string of the molecule is CCCCc1ccc(C(=O)n2c(C)cc3c(C(C)(C)C)c(OC)ccc32)cc1. The van der Waals surface area contributed by atoms with Crippen molar-refractivity contribution in [2.24, 2.45) is 0 Å². The minimum absolute atomic E-state index is 0.0135. The predicted octanol–water partition coefficient (Wildman–Crippen LogP) is 6.29. The van der Waals surface area contributed by atoms with Crippen LogP contribution in [0.1, 0.15) is 67.7 Å². The Hall–Kier alpha value is -2.55. The smallest absolute Gasteiger partial charge is 0.262 e. The maximum absolute atomic E-state index is 13.3. The number of aryl methyl sites for hydroxylation is 2. The normalized spacial score (nSPS) is 11.8. The van der Waals surface area contributed by atoms with Crippen molar-refractivity contribution in [1.29, 1.82) is 0 Å². The molecule has 0 fully saturated rings. The second kappa shape index (κ2) is 7.83. The number of carbonyl (C=O) groups excluding carboxylic acids is 1. The lowest BCUT2D eigenvalue weighted by molar-refractivity contribution is 0.0963. The molecule has 0 amide bonds. The lowest BCUT2D eigenvalue weighted by Crippen LogP contribution is -2.15. The maximum Gasteiger partial charge on any atom is 0.262 e. The number of methoxy groups -OCH3 is 1. The molecule has 0 bridgehead atoms. The van der Waals surface area contributed by atoms with E-state index in [0.29, 0.717) is 5.56 Å². The van der Waals surface area contributed by atoms with Crippen LogP contribution in [0.5, 0.6) is 5.75 Å². The van der Waals surface area contributed by atoms with Crippen molar-refractivity contribution in [2.45, 2.75) is 59.3 Å². The number of carbonyl (C=O) groups is 1. The third kappa shape index (κ3) is 3.71.